The van der Waals surface area contributed by atoms with Crippen LogP contribution in [0.4, 0.5) is 4.39 Å². The summed E-state index contributed by atoms with van der Waals surface area (Å²) in [7, 11) is 1.61. The molecule has 0 bridgehead atoms. The summed E-state index contributed by atoms with van der Waals surface area (Å²) in [6.45, 7) is 1.52. The molecular weight excluding hydrogens is 257 g/mol. The molecule has 1 atom stereocenters. The molecule has 0 aromatic heterocycles. The van der Waals surface area contributed by atoms with E-state index < -0.39 is 5.82 Å². The highest BCUT2D eigenvalue weighted by Gasteiger charge is 2.29. The number of methoxy groups -OCH3 is 1. The number of aliphatic imine (C=N–C) groups is 1. The molecule has 1 aliphatic heterocycles. The van der Waals surface area contributed by atoms with Crippen molar-refractivity contribution in [3.8, 4) is 0 Å². The van der Waals surface area contributed by atoms with Gasteiger partial charge in [0, 0.05) is 19.2 Å². The van der Waals surface area contributed by atoms with Crippen LogP contribution in [0.25, 0.3) is 0 Å². The monoisotopic (exact) mass is 271 g/mol. The summed E-state index contributed by atoms with van der Waals surface area (Å²) in [5, 5.41) is 0.115. The van der Waals surface area contributed by atoms with Gasteiger partial charge in [0.1, 0.15) is 5.82 Å². The highest BCUT2D eigenvalue weighted by atomic mass is 35.5. The quantitative estimate of drug-likeness (QED) is 0.908. The summed E-state index contributed by atoms with van der Waals surface area (Å²) in [4.78, 5) is 5.99. The number of guanidine groups is 1. The lowest BCUT2D eigenvalue weighted by molar-refractivity contribution is 0.166. The molecule has 2 N–H and O–H groups in total. The minimum Gasteiger partial charge on any atom is -0.383 e. The highest BCUT2D eigenvalue weighted by Crippen LogP contribution is 2.30. The Morgan fingerprint density at radius 2 is 2.39 bits per heavy atom. The molecule has 0 fully saturated rings. The summed E-state index contributed by atoms with van der Waals surface area (Å²) in [6.07, 6.45) is 0. The number of hydrogen-bond acceptors (Lipinski definition) is 4. The fourth-order valence-electron chi connectivity index (χ4n) is 2.03. The zero-order valence-corrected chi connectivity index (χ0v) is 10.8. The lowest BCUT2D eigenvalue weighted by atomic mass is 10.1. The molecule has 1 aromatic carbocycles. The maximum atomic E-state index is 14.0. The average Bonchev–Trinajstić information content (AvgIpc) is 2.72. The smallest absolute Gasteiger partial charge is 0.192 e. The first-order valence-electron chi connectivity index (χ1n) is 5.64. The first kappa shape index (κ1) is 13.1. The van der Waals surface area contributed by atoms with Crippen LogP contribution >= 0.6 is 11.6 Å². The molecule has 18 heavy (non-hydrogen) atoms. The number of benzene rings is 1. The van der Waals surface area contributed by atoms with E-state index in [1.807, 2.05) is 4.90 Å². The Labute approximate surface area is 110 Å². The summed E-state index contributed by atoms with van der Waals surface area (Å²) in [5.74, 6) is 0.00732. The average molecular weight is 272 g/mol. The summed E-state index contributed by atoms with van der Waals surface area (Å²) >= 11 is 5.79. The third-order valence-corrected chi connectivity index (χ3v) is 3.27. The predicted molar refractivity (Wildman–Crippen MR) is 69.2 cm³/mol. The molecule has 0 saturated carbocycles. The molecule has 0 spiro atoms. The van der Waals surface area contributed by atoms with Gasteiger partial charge in [0.2, 0.25) is 0 Å². The fourth-order valence-corrected chi connectivity index (χ4v) is 2.21. The summed E-state index contributed by atoms with van der Waals surface area (Å²) in [5.41, 5.74) is 6.32. The summed E-state index contributed by atoms with van der Waals surface area (Å²) in [6, 6.07) is 4.75. The molecule has 1 aromatic rings. The first-order chi connectivity index (χ1) is 8.65. The predicted octanol–water partition coefficient (Wildman–Crippen LogP) is 1.80. The minimum atomic E-state index is -0.406. The van der Waals surface area contributed by atoms with Crippen LogP contribution in [0, 0.1) is 5.82 Å². The Kier molecular flexibility index (Phi) is 4.04. The molecule has 98 valence electrons. The van der Waals surface area contributed by atoms with Crippen molar-refractivity contribution in [2.75, 3.05) is 26.8 Å². The number of nitrogens with zero attached hydrogens (tertiary/aromatic N) is 2. The molecule has 1 unspecified atom stereocenters. The molecule has 4 nitrogen and oxygen atoms in total. The number of rotatable bonds is 4. The molecular formula is C12H15ClFN3O. The van der Waals surface area contributed by atoms with Crippen LogP contribution in [0.2, 0.25) is 5.02 Å². The van der Waals surface area contributed by atoms with Crippen molar-refractivity contribution >= 4 is 17.6 Å². The van der Waals surface area contributed by atoms with Gasteiger partial charge in [-0.1, -0.05) is 23.7 Å². The van der Waals surface area contributed by atoms with E-state index in [0.29, 0.717) is 31.2 Å². The topological polar surface area (TPSA) is 50.9 Å². The number of ether oxygens (including phenoxy) is 1. The van der Waals surface area contributed by atoms with Gasteiger partial charge in [0.05, 0.1) is 24.2 Å². The van der Waals surface area contributed by atoms with E-state index in [0.717, 1.165) is 0 Å². The van der Waals surface area contributed by atoms with Crippen molar-refractivity contribution in [2.45, 2.75) is 6.04 Å². The van der Waals surface area contributed by atoms with Gasteiger partial charge in [-0.15, -0.1) is 0 Å². The van der Waals surface area contributed by atoms with Gasteiger partial charge >= 0.3 is 0 Å². The largest absolute Gasteiger partial charge is 0.383 e. The van der Waals surface area contributed by atoms with Crippen LogP contribution in [0.1, 0.15) is 11.6 Å². The Hall–Kier alpha value is -1.33. The second-order valence-electron chi connectivity index (χ2n) is 4.04. The Morgan fingerprint density at radius 3 is 3.11 bits per heavy atom. The third kappa shape index (κ3) is 2.42. The lowest BCUT2D eigenvalue weighted by Crippen LogP contribution is -2.38. The normalized spacial score (nSPS) is 19.2. The summed E-state index contributed by atoms with van der Waals surface area (Å²) < 4.78 is 19.0. The maximum Gasteiger partial charge on any atom is 0.192 e. The van der Waals surface area contributed by atoms with Crippen molar-refractivity contribution < 1.29 is 9.13 Å². The van der Waals surface area contributed by atoms with Gasteiger partial charge in [-0.2, -0.15) is 0 Å². The third-order valence-electron chi connectivity index (χ3n) is 2.97. The number of hydrogen-bond donors (Lipinski definition) is 1. The highest BCUT2D eigenvalue weighted by molar-refractivity contribution is 6.30. The van der Waals surface area contributed by atoms with Crippen molar-refractivity contribution in [1.82, 2.24) is 4.90 Å². The Bertz CT molecular complexity index is 467. The molecule has 0 amide bonds. The van der Waals surface area contributed by atoms with Gasteiger partial charge < -0.3 is 15.4 Å². The van der Waals surface area contributed by atoms with E-state index in [1.165, 1.54) is 6.07 Å². The van der Waals surface area contributed by atoms with E-state index in [-0.39, 0.29) is 11.1 Å². The van der Waals surface area contributed by atoms with Crippen LogP contribution in [0.3, 0.4) is 0 Å². The SMILES string of the molecule is COCCN1C(N)=NCC1c1cccc(Cl)c1F. The van der Waals surface area contributed by atoms with Crippen LogP contribution in [0.15, 0.2) is 23.2 Å². The standard InChI is InChI=1S/C12H15ClFN3O/c1-18-6-5-17-10(7-16-12(17)15)8-3-2-4-9(13)11(8)14/h2-4,10H,5-7H2,1H3,(H2,15,16). The molecule has 6 heteroatoms. The van der Waals surface area contributed by atoms with Crippen molar-refractivity contribution in [3.63, 3.8) is 0 Å². The van der Waals surface area contributed by atoms with E-state index in [2.05, 4.69) is 4.99 Å². The van der Waals surface area contributed by atoms with Gasteiger partial charge in [0.15, 0.2) is 5.96 Å². The molecule has 1 heterocycles. The van der Waals surface area contributed by atoms with Gasteiger partial charge in [-0.25, -0.2) is 4.39 Å². The van der Waals surface area contributed by atoms with Gasteiger partial charge in [0.25, 0.3) is 0 Å². The second-order valence-corrected chi connectivity index (χ2v) is 4.45. The van der Waals surface area contributed by atoms with Crippen LogP contribution in [0.5, 0.6) is 0 Å². The van der Waals surface area contributed by atoms with E-state index in [9.17, 15) is 4.39 Å². The minimum absolute atomic E-state index is 0.115. The second kappa shape index (κ2) is 5.54. The van der Waals surface area contributed by atoms with Crippen LogP contribution in [-0.4, -0.2) is 37.7 Å². The molecule has 0 saturated heterocycles. The first-order valence-corrected chi connectivity index (χ1v) is 6.02. The number of nitrogens with two attached hydrogens (primary N) is 1. The van der Waals surface area contributed by atoms with Crippen LogP contribution < -0.4 is 5.73 Å². The van der Waals surface area contributed by atoms with Crippen molar-refractivity contribution in [1.29, 1.82) is 0 Å². The molecule has 2 rings (SSSR count). The van der Waals surface area contributed by atoms with E-state index >= 15 is 0 Å². The van der Waals surface area contributed by atoms with Crippen LogP contribution in [-0.2, 0) is 4.74 Å². The number of halogens is 2. The van der Waals surface area contributed by atoms with Gasteiger partial charge in [-0.05, 0) is 6.07 Å². The van der Waals surface area contributed by atoms with E-state index in [1.54, 1.807) is 19.2 Å². The zero-order chi connectivity index (χ0) is 13.1. The Morgan fingerprint density at radius 1 is 1.61 bits per heavy atom. The van der Waals surface area contributed by atoms with Crippen molar-refractivity contribution in [2.24, 2.45) is 10.7 Å². The fraction of sp³-hybridized carbons (Fsp3) is 0.417. The van der Waals surface area contributed by atoms with Crippen molar-refractivity contribution in [3.05, 3.63) is 34.6 Å². The lowest BCUT2D eigenvalue weighted by Gasteiger charge is -2.26. The Balaban J connectivity index is 2.24. The van der Waals surface area contributed by atoms with Gasteiger partial charge in [-0.3, -0.25) is 4.99 Å². The molecule has 1 aliphatic rings. The van der Waals surface area contributed by atoms with E-state index in [4.69, 9.17) is 22.1 Å². The maximum absolute atomic E-state index is 14.0. The molecule has 0 radical (unpaired) electrons. The molecule has 0 aliphatic carbocycles. The zero-order valence-electron chi connectivity index (χ0n) is 10.1.